The van der Waals surface area contributed by atoms with E-state index in [1.54, 1.807) is 17.0 Å². The van der Waals surface area contributed by atoms with Crippen molar-refractivity contribution in [1.29, 1.82) is 0 Å². The molecule has 1 aliphatic rings. The number of carbonyl (C=O) groups excluding carboxylic acids is 2. The van der Waals surface area contributed by atoms with Gasteiger partial charge < -0.3 is 15.1 Å². The van der Waals surface area contributed by atoms with Crippen molar-refractivity contribution >= 4 is 17.5 Å². The van der Waals surface area contributed by atoms with Crippen molar-refractivity contribution in [1.82, 2.24) is 10.2 Å². The first-order chi connectivity index (χ1) is 11.6. The molecule has 0 bridgehead atoms. The Hall–Kier alpha value is -2.11. The highest BCUT2D eigenvalue weighted by atomic mass is 19.1. The molecule has 0 saturated carbocycles. The fraction of sp³-hybridized carbons (Fsp3) is 0.556. The Kier molecular flexibility index (Phi) is 6.58. The summed E-state index contributed by atoms with van der Waals surface area (Å²) in [6.45, 7) is 6.23. The van der Waals surface area contributed by atoms with Crippen LogP contribution in [0.15, 0.2) is 24.3 Å². The van der Waals surface area contributed by atoms with Crippen molar-refractivity contribution in [2.24, 2.45) is 5.92 Å². The third kappa shape index (κ3) is 4.46. The maximum atomic E-state index is 13.8. The van der Waals surface area contributed by atoms with E-state index in [-0.39, 0.29) is 30.1 Å². The lowest BCUT2D eigenvalue weighted by molar-refractivity contribution is -0.134. The molecular weight excluding hydrogens is 309 g/mol. The van der Waals surface area contributed by atoms with Crippen LogP contribution in [0.5, 0.6) is 0 Å². The molecular formula is C18H26FN3O2. The number of nitrogens with zero attached hydrogens (tertiary/aromatic N) is 2. The van der Waals surface area contributed by atoms with E-state index in [2.05, 4.69) is 5.32 Å². The first-order valence-electron chi connectivity index (χ1n) is 8.61. The van der Waals surface area contributed by atoms with Gasteiger partial charge >= 0.3 is 0 Å². The maximum Gasteiger partial charge on any atom is 0.242 e. The lowest BCUT2D eigenvalue weighted by Crippen LogP contribution is -2.51. The Morgan fingerprint density at radius 1 is 1.12 bits per heavy atom. The molecule has 132 valence electrons. The molecule has 5 nitrogen and oxygen atoms in total. The number of nitrogens with one attached hydrogen (secondary N) is 1. The van der Waals surface area contributed by atoms with Gasteiger partial charge in [-0.2, -0.15) is 0 Å². The van der Waals surface area contributed by atoms with Crippen LogP contribution in [-0.2, 0) is 9.59 Å². The Morgan fingerprint density at radius 3 is 2.33 bits per heavy atom. The Balaban J connectivity index is 1.81. The number of hydrogen-bond donors (Lipinski definition) is 1. The van der Waals surface area contributed by atoms with E-state index >= 15 is 0 Å². The molecule has 0 atom stereocenters. The largest absolute Gasteiger partial charge is 0.366 e. The average molecular weight is 335 g/mol. The minimum Gasteiger partial charge on any atom is -0.366 e. The molecule has 24 heavy (non-hydrogen) atoms. The molecule has 1 saturated heterocycles. The number of para-hydroxylation sites is 1. The van der Waals surface area contributed by atoms with E-state index < -0.39 is 0 Å². The van der Waals surface area contributed by atoms with Crippen LogP contribution in [0.2, 0.25) is 0 Å². The molecule has 0 aromatic heterocycles. The minimum atomic E-state index is -0.241. The Bertz CT molecular complexity index is 567. The normalized spacial score (nSPS) is 14.8. The second kappa shape index (κ2) is 8.66. The van der Waals surface area contributed by atoms with Gasteiger partial charge in [0.05, 0.1) is 12.2 Å². The molecule has 1 aromatic carbocycles. The molecule has 1 aromatic rings. The molecule has 0 unspecified atom stereocenters. The number of halogens is 1. The zero-order valence-electron chi connectivity index (χ0n) is 14.4. The second-order valence-corrected chi connectivity index (χ2v) is 6.05. The van der Waals surface area contributed by atoms with Crippen molar-refractivity contribution in [3.63, 3.8) is 0 Å². The summed E-state index contributed by atoms with van der Waals surface area (Å²) in [6, 6.07) is 6.67. The molecule has 0 spiro atoms. The summed E-state index contributed by atoms with van der Waals surface area (Å²) in [4.78, 5) is 27.8. The zero-order valence-corrected chi connectivity index (χ0v) is 14.4. The standard InChI is InChI=1S/C18H26FN3O2/c1-3-14(4-2)18(24)20-13-17(23)22-11-9-21(10-12-22)16-8-6-5-7-15(16)19/h5-8,14H,3-4,9-13H2,1-2H3,(H,20,24). The molecule has 1 aliphatic heterocycles. The van der Waals surface area contributed by atoms with Crippen LogP contribution < -0.4 is 10.2 Å². The van der Waals surface area contributed by atoms with Crippen LogP contribution in [-0.4, -0.2) is 49.4 Å². The van der Waals surface area contributed by atoms with E-state index in [9.17, 15) is 14.0 Å². The van der Waals surface area contributed by atoms with E-state index in [1.807, 2.05) is 24.8 Å². The highest BCUT2D eigenvalue weighted by Crippen LogP contribution is 2.20. The highest BCUT2D eigenvalue weighted by Gasteiger charge is 2.23. The third-order valence-corrected chi connectivity index (χ3v) is 4.60. The monoisotopic (exact) mass is 335 g/mol. The lowest BCUT2D eigenvalue weighted by Gasteiger charge is -2.36. The molecule has 0 radical (unpaired) electrons. The van der Waals surface area contributed by atoms with Crippen molar-refractivity contribution in [3.05, 3.63) is 30.1 Å². The van der Waals surface area contributed by atoms with Crippen LogP contribution in [0, 0.1) is 11.7 Å². The molecule has 6 heteroatoms. The zero-order chi connectivity index (χ0) is 17.5. The summed E-state index contributed by atoms with van der Waals surface area (Å²) < 4.78 is 13.8. The average Bonchev–Trinajstić information content (AvgIpc) is 2.61. The van der Waals surface area contributed by atoms with Gasteiger partial charge in [-0.25, -0.2) is 4.39 Å². The molecule has 2 amide bonds. The summed E-state index contributed by atoms with van der Waals surface area (Å²) in [5.41, 5.74) is 0.576. The number of benzene rings is 1. The first kappa shape index (κ1) is 18.2. The van der Waals surface area contributed by atoms with Gasteiger partial charge in [-0.15, -0.1) is 0 Å². The number of rotatable bonds is 6. The van der Waals surface area contributed by atoms with Crippen LogP contribution in [0.3, 0.4) is 0 Å². The Morgan fingerprint density at radius 2 is 1.75 bits per heavy atom. The van der Waals surface area contributed by atoms with E-state index in [1.165, 1.54) is 6.07 Å². The van der Waals surface area contributed by atoms with E-state index in [0.29, 0.717) is 31.9 Å². The van der Waals surface area contributed by atoms with Crippen LogP contribution in [0.25, 0.3) is 0 Å². The number of amides is 2. The second-order valence-electron chi connectivity index (χ2n) is 6.05. The minimum absolute atomic E-state index is 0.0318. The summed E-state index contributed by atoms with van der Waals surface area (Å²) >= 11 is 0. The van der Waals surface area contributed by atoms with Gasteiger partial charge in [0.1, 0.15) is 5.82 Å². The smallest absolute Gasteiger partial charge is 0.242 e. The summed E-state index contributed by atoms with van der Waals surface area (Å²) in [6.07, 6.45) is 1.55. The van der Waals surface area contributed by atoms with E-state index in [4.69, 9.17) is 0 Å². The number of piperazine rings is 1. The van der Waals surface area contributed by atoms with Gasteiger partial charge in [-0.05, 0) is 25.0 Å². The van der Waals surface area contributed by atoms with Gasteiger partial charge in [0.25, 0.3) is 0 Å². The van der Waals surface area contributed by atoms with Crippen LogP contribution >= 0.6 is 0 Å². The topological polar surface area (TPSA) is 52.7 Å². The summed E-state index contributed by atoms with van der Waals surface area (Å²) in [5.74, 6) is -0.411. The quantitative estimate of drug-likeness (QED) is 0.865. The summed E-state index contributed by atoms with van der Waals surface area (Å²) in [5, 5.41) is 2.73. The SMILES string of the molecule is CCC(CC)C(=O)NCC(=O)N1CCN(c2ccccc2F)CC1. The van der Waals surface area contributed by atoms with Gasteiger partial charge in [0.2, 0.25) is 11.8 Å². The van der Waals surface area contributed by atoms with E-state index in [0.717, 1.165) is 12.8 Å². The van der Waals surface area contributed by atoms with Crippen molar-refractivity contribution in [3.8, 4) is 0 Å². The number of carbonyl (C=O) groups is 2. The Labute approximate surface area is 142 Å². The van der Waals surface area contributed by atoms with Crippen LogP contribution in [0.4, 0.5) is 10.1 Å². The van der Waals surface area contributed by atoms with Crippen molar-refractivity contribution in [2.45, 2.75) is 26.7 Å². The highest BCUT2D eigenvalue weighted by molar-refractivity contribution is 5.86. The van der Waals surface area contributed by atoms with Gasteiger partial charge in [-0.3, -0.25) is 9.59 Å². The molecule has 0 aliphatic carbocycles. The molecule has 1 heterocycles. The van der Waals surface area contributed by atoms with Crippen LogP contribution in [0.1, 0.15) is 26.7 Å². The number of anilines is 1. The molecule has 2 rings (SSSR count). The van der Waals surface area contributed by atoms with Crippen molar-refractivity contribution in [2.75, 3.05) is 37.6 Å². The predicted octanol–water partition coefficient (Wildman–Crippen LogP) is 2.03. The molecule has 1 fully saturated rings. The van der Waals surface area contributed by atoms with Gasteiger partial charge in [0, 0.05) is 32.1 Å². The number of hydrogen-bond acceptors (Lipinski definition) is 3. The third-order valence-electron chi connectivity index (χ3n) is 4.60. The fourth-order valence-corrected chi connectivity index (χ4v) is 2.98. The maximum absolute atomic E-state index is 13.8. The summed E-state index contributed by atoms with van der Waals surface area (Å²) in [7, 11) is 0. The lowest BCUT2D eigenvalue weighted by atomic mass is 10.0. The first-order valence-corrected chi connectivity index (χ1v) is 8.61. The molecule has 1 N–H and O–H groups in total. The predicted molar refractivity (Wildman–Crippen MR) is 92.3 cm³/mol. The fourth-order valence-electron chi connectivity index (χ4n) is 2.98. The van der Waals surface area contributed by atoms with Gasteiger partial charge in [-0.1, -0.05) is 26.0 Å². The van der Waals surface area contributed by atoms with Gasteiger partial charge in [0.15, 0.2) is 0 Å². The van der Waals surface area contributed by atoms with Crippen molar-refractivity contribution < 1.29 is 14.0 Å².